The second kappa shape index (κ2) is 9.83. The largest absolute Gasteiger partial charge is 0.349 e. The van der Waals surface area contributed by atoms with E-state index in [1.54, 1.807) is 18.3 Å². The molecule has 0 spiro atoms. The van der Waals surface area contributed by atoms with Crippen molar-refractivity contribution in [3.63, 3.8) is 0 Å². The SMILES string of the molecule is Cc1cccc(CC(=O)N[C@H](Cc2cc(=O)[nH]c(-c3ccccn3)n2)c2ccccc2)c1. The van der Waals surface area contributed by atoms with Crippen LogP contribution in [0.2, 0.25) is 0 Å². The number of carbonyl (C=O) groups is 1. The summed E-state index contributed by atoms with van der Waals surface area (Å²) in [6.45, 7) is 2.01. The number of nitrogens with one attached hydrogen (secondary N) is 2. The summed E-state index contributed by atoms with van der Waals surface area (Å²) in [4.78, 5) is 36.7. The minimum Gasteiger partial charge on any atom is -0.349 e. The van der Waals surface area contributed by atoms with Crippen molar-refractivity contribution in [2.45, 2.75) is 25.8 Å². The maximum absolute atomic E-state index is 12.8. The molecule has 0 aliphatic rings. The normalized spacial score (nSPS) is 11.7. The van der Waals surface area contributed by atoms with E-state index in [4.69, 9.17) is 0 Å². The number of hydrogen-bond donors (Lipinski definition) is 2. The van der Waals surface area contributed by atoms with Gasteiger partial charge in [-0.05, 0) is 30.2 Å². The molecule has 6 heteroatoms. The van der Waals surface area contributed by atoms with E-state index in [0.717, 1.165) is 16.7 Å². The zero-order valence-corrected chi connectivity index (χ0v) is 17.8. The Morgan fingerprint density at radius 1 is 1.00 bits per heavy atom. The zero-order valence-electron chi connectivity index (χ0n) is 17.8. The summed E-state index contributed by atoms with van der Waals surface area (Å²) in [5, 5.41) is 3.12. The van der Waals surface area contributed by atoms with Gasteiger partial charge in [-0.2, -0.15) is 0 Å². The predicted octanol–water partition coefficient (Wildman–Crippen LogP) is 3.78. The molecule has 32 heavy (non-hydrogen) atoms. The lowest BCUT2D eigenvalue weighted by Crippen LogP contribution is -2.31. The fourth-order valence-corrected chi connectivity index (χ4v) is 3.64. The van der Waals surface area contributed by atoms with Crippen molar-refractivity contribution >= 4 is 5.91 Å². The quantitative estimate of drug-likeness (QED) is 0.473. The summed E-state index contributed by atoms with van der Waals surface area (Å²) >= 11 is 0. The highest BCUT2D eigenvalue weighted by atomic mass is 16.1. The number of hydrogen-bond acceptors (Lipinski definition) is 4. The maximum Gasteiger partial charge on any atom is 0.251 e. The van der Waals surface area contributed by atoms with Gasteiger partial charge in [0.25, 0.3) is 5.56 Å². The van der Waals surface area contributed by atoms with Crippen LogP contribution in [0.25, 0.3) is 11.5 Å². The van der Waals surface area contributed by atoms with E-state index in [1.165, 1.54) is 6.07 Å². The van der Waals surface area contributed by atoms with Gasteiger partial charge in [-0.25, -0.2) is 4.98 Å². The molecule has 1 amide bonds. The molecule has 4 rings (SSSR count). The summed E-state index contributed by atoms with van der Waals surface area (Å²) in [6.07, 6.45) is 2.32. The first-order valence-electron chi connectivity index (χ1n) is 10.5. The summed E-state index contributed by atoms with van der Waals surface area (Å²) in [7, 11) is 0. The monoisotopic (exact) mass is 424 g/mol. The molecular formula is C26H24N4O2. The molecule has 0 fully saturated rings. The van der Waals surface area contributed by atoms with Gasteiger partial charge >= 0.3 is 0 Å². The number of carbonyl (C=O) groups excluding carboxylic acids is 1. The van der Waals surface area contributed by atoms with Crippen LogP contribution in [0.1, 0.15) is 28.4 Å². The van der Waals surface area contributed by atoms with Crippen LogP contribution in [-0.4, -0.2) is 20.9 Å². The Balaban J connectivity index is 1.58. The smallest absolute Gasteiger partial charge is 0.251 e. The Labute approximate surface area is 186 Å². The first-order valence-corrected chi connectivity index (χ1v) is 10.5. The van der Waals surface area contributed by atoms with Crippen molar-refractivity contribution in [1.82, 2.24) is 20.3 Å². The number of aromatic amines is 1. The van der Waals surface area contributed by atoms with Gasteiger partial charge in [0.2, 0.25) is 5.91 Å². The van der Waals surface area contributed by atoms with Gasteiger partial charge in [0.1, 0.15) is 5.69 Å². The van der Waals surface area contributed by atoms with Crippen LogP contribution in [0.3, 0.4) is 0 Å². The number of pyridine rings is 1. The first-order chi connectivity index (χ1) is 15.6. The molecule has 0 aliphatic heterocycles. The van der Waals surface area contributed by atoms with E-state index >= 15 is 0 Å². The Bertz CT molecular complexity index is 1250. The van der Waals surface area contributed by atoms with Crippen LogP contribution < -0.4 is 10.9 Å². The van der Waals surface area contributed by atoms with Crippen molar-refractivity contribution in [3.05, 3.63) is 118 Å². The highest BCUT2D eigenvalue weighted by Gasteiger charge is 2.17. The van der Waals surface area contributed by atoms with Crippen molar-refractivity contribution < 1.29 is 4.79 Å². The average molecular weight is 425 g/mol. The number of nitrogens with zero attached hydrogens (tertiary/aromatic N) is 2. The number of rotatable bonds is 7. The van der Waals surface area contributed by atoms with Crippen molar-refractivity contribution in [2.24, 2.45) is 0 Å². The maximum atomic E-state index is 12.8. The van der Waals surface area contributed by atoms with E-state index in [0.29, 0.717) is 23.6 Å². The zero-order chi connectivity index (χ0) is 22.3. The van der Waals surface area contributed by atoms with Crippen molar-refractivity contribution in [3.8, 4) is 11.5 Å². The van der Waals surface area contributed by atoms with E-state index in [9.17, 15) is 9.59 Å². The lowest BCUT2D eigenvalue weighted by molar-refractivity contribution is -0.121. The fourth-order valence-electron chi connectivity index (χ4n) is 3.64. The third-order valence-electron chi connectivity index (χ3n) is 5.10. The molecule has 0 saturated carbocycles. The van der Waals surface area contributed by atoms with Crippen LogP contribution in [-0.2, 0) is 17.6 Å². The molecule has 0 unspecified atom stereocenters. The summed E-state index contributed by atoms with van der Waals surface area (Å²) < 4.78 is 0. The highest BCUT2D eigenvalue weighted by molar-refractivity contribution is 5.79. The van der Waals surface area contributed by atoms with E-state index in [1.807, 2.05) is 67.6 Å². The molecule has 2 aromatic carbocycles. The van der Waals surface area contributed by atoms with Crippen LogP contribution in [0.5, 0.6) is 0 Å². The van der Waals surface area contributed by atoms with E-state index < -0.39 is 0 Å². The van der Waals surface area contributed by atoms with Gasteiger partial charge in [-0.15, -0.1) is 0 Å². The van der Waals surface area contributed by atoms with Gasteiger partial charge in [-0.1, -0.05) is 66.2 Å². The number of amides is 1. The average Bonchev–Trinajstić information content (AvgIpc) is 2.79. The number of H-pyrrole nitrogens is 1. The minimum absolute atomic E-state index is 0.0840. The molecular weight excluding hydrogens is 400 g/mol. The van der Waals surface area contributed by atoms with Crippen LogP contribution >= 0.6 is 0 Å². The molecule has 2 aromatic heterocycles. The lowest BCUT2D eigenvalue weighted by Gasteiger charge is -2.19. The molecule has 160 valence electrons. The molecule has 4 aromatic rings. The topological polar surface area (TPSA) is 87.7 Å². The van der Waals surface area contributed by atoms with E-state index in [-0.39, 0.29) is 23.9 Å². The Hall–Kier alpha value is -4.06. The first kappa shape index (κ1) is 21.2. The molecule has 0 saturated heterocycles. The Morgan fingerprint density at radius 2 is 1.81 bits per heavy atom. The Kier molecular flexibility index (Phi) is 6.51. The third-order valence-corrected chi connectivity index (χ3v) is 5.10. The highest BCUT2D eigenvalue weighted by Crippen LogP contribution is 2.19. The van der Waals surface area contributed by atoms with Gasteiger partial charge in [0.15, 0.2) is 5.82 Å². The van der Waals surface area contributed by atoms with Crippen molar-refractivity contribution in [2.75, 3.05) is 0 Å². The van der Waals surface area contributed by atoms with Gasteiger partial charge in [0.05, 0.1) is 18.2 Å². The summed E-state index contributed by atoms with van der Waals surface area (Å²) in [5.41, 5.74) is 3.94. The van der Waals surface area contributed by atoms with Crippen LogP contribution in [0.15, 0.2) is 89.9 Å². The molecule has 1 atom stereocenters. The third kappa shape index (κ3) is 5.55. The molecule has 0 aliphatic carbocycles. The molecule has 0 radical (unpaired) electrons. The fraction of sp³-hybridized carbons (Fsp3) is 0.154. The summed E-state index contributed by atoms with van der Waals surface area (Å²) in [5.74, 6) is 0.324. The molecule has 0 bridgehead atoms. The van der Waals surface area contributed by atoms with Gasteiger partial charge in [-0.3, -0.25) is 14.6 Å². The standard InChI is InChI=1S/C26H24N4O2/c1-18-8-7-9-19(14-18)15-24(31)29-23(20-10-3-2-4-11-20)16-21-17-25(32)30-26(28-21)22-12-5-6-13-27-22/h2-14,17,23H,15-16H2,1H3,(H,29,31)(H,28,30,32)/t23-/m1/s1. The van der Waals surface area contributed by atoms with Gasteiger partial charge < -0.3 is 10.3 Å². The predicted molar refractivity (Wildman–Crippen MR) is 124 cm³/mol. The summed E-state index contributed by atoms with van der Waals surface area (Å²) in [6, 6.07) is 24.2. The molecule has 6 nitrogen and oxygen atoms in total. The minimum atomic E-state index is -0.320. The number of benzene rings is 2. The molecule has 2 N–H and O–H groups in total. The molecule has 2 heterocycles. The Morgan fingerprint density at radius 3 is 2.56 bits per heavy atom. The van der Waals surface area contributed by atoms with Crippen LogP contribution in [0, 0.1) is 6.92 Å². The number of aryl methyl sites for hydroxylation is 1. The second-order valence-corrected chi connectivity index (χ2v) is 7.70. The van der Waals surface area contributed by atoms with Crippen LogP contribution in [0.4, 0.5) is 0 Å². The van der Waals surface area contributed by atoms with Gasteiger partial charge in [0, 0.05) is 18.7 Å². The van der Waals surface area contributed by atoms with E-state index in [2.05, 4.69) is 20.3 Å². The number of aromatic nitrogens is 3. The lowest BCUT2D eigenvalue weighted by atomic mass is 10.0. The van der Waals surface area contributed by atoms with Crippen molar-refractivity contribution in [1.29, 1.82) is 0 Å². The second-order valence-electron chi connectivity index (χ2n) is 7.70.